The number of carbonyl (C=O) groups is 7. The van der Waals surface area contributed by atoms with E-state index in [1.54, 1.807) is 11.8 Å². The monoisotopic (exact) mass is 702 g/mol. The van der Waals surface area contributed by atoms with Gasteiger partial charge in [-0.2, -0.15) is 0 Å². The van der Waals surface area contributed by atoms with E-state index in [0.29, 0.717) is 19.4 Å². The van der Waals surface area contributed by atoms with Gasteiger partial charge in [-0.3, -0.25) is 33.7 Å². The van der Waals surface area contributed by atoms with Crippen LogP contribution in [0, 0.1) is 28.1 Å². The van der Waals surface area contributed by atoms with Crippen molar-refractivity contribution in [2.24, 2.45) is 28.1 Å². The summed E-state index contributed by atoms with van der Waals surface area (Å²) in [5, 5.41) is 11.2. The average Bonchev–Trinajstić information content (AvgIpc) is 3.58. The Morgan fingerprint density at radius 1 is 0.880 bits per heavy atom. The molecule has 7 amide bonds. The van der Waals surface area contributed by atoms with Crippen LogP contribution in [0.1, 0.15) is 121 Å². The van der Waals surface area contributed by atoms with E-state index in [0.717, 1.165) is 25.7 Å². The number of likely N-dealkylation sites (N-methyl/N-ethyl adjacent to an activating group) is 1. The molecule has 2 aliphatic heterocycles. The van der Waals surface area contributed by atoms with Crippen molar-refractivity contribution in [2.75, 3.05) is 19.6 Å². The number of amides is 7. The summed E-state index contributed by atoms with van der Waals surface area (Å²) in [6.45, 7) is 19.3. The van der Waals surface area contributed by atoms with Crippen LogP contribution >= 0.6 is 0 Å². The molecule has 13 nitrogen and oxygen atoms in total. The van der Waals surface area contributed by atoms with E-state index < -0.39 is 69.9 Å². The smallest absolute Gasteiger partial charge is 0.315 e. The van der Waals surface area contributed by atoms with E-state index in [1.807, 2.05) is 62.3 Å². The lowest BCUT2D eigenvalue weighted by atomic mass is 9.80. The number of imide groups is 1. The molecular formula is C37H62N6O7. The molecule has 0 radical (unpaired) electrons. The van der Waals surface area contributed by atoms with Gasteiger partial charge in [0.2, 0.25) is 29.4 Å². The Labute approximate surface area is 298 Å². The highest BCUT2D eigenvalue weighted by Gasteiger charge is 2.52. The standard InChI is InChI=1S/C37H62N6O7/c1-11-13-17-24(29(46)32(48)38-12-2)39-31(47)28-23-16-14-15-22(23)20-43(28)33(49)30(36(6,7)8)41-34(50)40-25(35(3,4)5)21-42-26(44)18-37(9,10)19-27(42)45/h22-25,28,30H,11-21H2,1-10H3,(H,38,48)(H,39,47)(H2,40,41,50)/t22-,23-,24-,25+,28-,30+/m0/s1. The minimum Gasteiger partial charge on any atom is -0.350 e. The number of fused-ring (bicyclic) bond motifs is 1. The topological polar surface area (TPSA) is 174 Å². The van der Waals surface area contributed by atoms with Crippen molar-refractivity contribution in [3.8, 4) is 0 Å². The van der Waals surface area contributed by atoms with Gasteiger partial charge in [-0.15, -0.1) is 0 Å². The first kappa shape index (κ1) is 40.9. The summed E-state index contributed by atoms with van der Waals surface area (Å²) < 4.78 is 0. The molecule has 4 N–H and O–H groups in total. The maximum Gasteiger partial charge on any atom is 0.315 e. The van der Waals surface area contributed by atoms with E-state index in [-0.39, 0.29) is 49.6 Å². The number of nitrogens with zero attached hydrogens (tertiary/aromatic N) is 2. The molecule has 6 atom stereocenters. The van der Waals surface area contributed by atoms with Crippen LogP contribution < -0.4 is 21.3 Å². The van der Waals surface area contributed by atoms with Crippen LogP contribution in [-0.2, 0) is 28.8 Å². The SMILES string of the molecule is CCCC[C@H](NC(=O)[C@@H]1[C@H]2CCC[C@H]2CN1C(=O)[C@@H](NC(=O)N[C@H](CN1C(=O)CC(C)(C)CC1=O)C(C)(C)C)C(C)(C)C)C(=O)C(=O)NCC. The van der Waals surface area contributed by atoms with Crippen molar-refractivity contribution in [2.45, 2.75) is 145 Å². The zero-order valence-electron chi connectivity index (χ0n) is 32.0. The summed E-state index contributed by atoms with van der Waals surface area (Å²) in [5.41, 5.74) is -1.72. The molecule has 1 saturated carbocycles. The van der Waals surface area contributed by atoms with Crippen molar-refractivity contribution in [3.05, 3.63) is 0 Å². The normalized spacial score (nSPS) is 23.8. The highest BCUT2D eigenvalue weighted by Crippen LogP contribution is 2.43. The molecule has 2 heterocycles. The van der Waals surface area contributed by atoms with E-state index >= 15 is 0 Å². The van der Waals surface area contributed by atoms with Gasteiger partial charge in [0.15, 0.2) is 0 Å². The van der Waals surface area contributed by atoms with Crippen LogP contribution in [0.5, 0.6) is 0 Å². The van der Waals surface area contributed by atoms with Gasteiger partial charge in [0.1, 0.15) is 12.1 Å². The molecule has 1 aliphatic carbocycles. The Balaban J connectivity index is 1.83. The van der Waals surface area contributed by atoms with E-state index in [9.17, 15) is 33.6 Å². The highest BCUT2D eigenvalue weighted by atomic mass is 16.2. The molecule has 13 heteroatoms. The van der Waals surface area contributed by atoms with Crippen molar-refractivity contribution in [3.63, 3.8) is 0 Å². The van der Waals surface area contributed by atoms with Crippen LogP contribution in [0.15, 0.2) is 0 Å². The number of Topliss-reactive ketones (excluding diaryl/α,β-unsaturated/α-hetero) is 1. The van der Waals surface area contributed by atoms with Gasteiger partial charge in [0.05, 0.1) is 12.1 Å². The number of carbonyl (C=O) groups excluding carboxylic acids is 7. The van der Waals surface area contributed by atoms with Gasteiger partial charge in [0, 0.05) is 32.5 Å². The molecule has 0 spiro atoms. The third-order valence-corrected chi connectivity index (χ3v) is 10.4. The maximum absolute atomic E-state index is 14.5. The fourth-order valence-corrected chi connectivity index (χ4v) is 7.49. The van der Waals surface area contributed by atoms with Crippen molar-refractivity contribution < 1.29 is 33.6 Å². The summed E-state index contributed by atoms with van der Waals surface area (Å²) in [6, 6.07) is -4.11. The number of hydrogen-bond donors (Lipinski definition) is 4. The predicted octanol–water partition coefficient (Wildman–Crippen LogP) is 3.30. The quantitative estimate of drug-likeness (QED) is 0.168. The van der Waals surface area contributed by atoms with Gasteiger partial charge in [-0.25, -0.2) is 4.79 Å². The Morgan fingerprint density at radius 3 is 2.04 bits per heavy atom. The summed E-state index contributed by atoms with van der Waals surface area (Å²) in [5.74, 6) is -2.88. The number of rotatable bonds is 13. The maximum atomic E-state index is 14.5. The number of urea groups is 1. The van der Waals surface area contributed by atoms with Crippen LogP contribution in [0.2, 0.25) is 0 Å². The third-order valence-electron chi connectivity index (χ3n) is 10.4. The summed E-state index contributed by atoms with van der Waals surface area (Å²) in [7, 11) is 0. The molecule has 0 aromatic carbocycles. The van der Waals surface area contributed by atoms with Gasteiger partial charge in [-0.05, 0) is 54.3 Å². The van der Waals surface area contributed by atoms with Gasteiger partial charge in [0.25, 0.3) is 5.91 Å². The molecular weight excluding hydrogens is 640 g/mol. The number of unbranched alkanes of at least 4 members (excludes halogenated alkanes) is 1. The highest BCUT2D eigenvalue weighted by molar-refractivity contribution is 6.38. The Hall–Kier alpha value is -3.51. The zero-order chi connectivity index (χ0) is 37.8. The molecule has 282 valence electrons. The Morgan fingerprint density at radius 2 is 1.50 bits per heavy atom. The molecule has 50 heavy (non-hydrogen) atoms. The third kappa shape index (κ3) is 10.1. The number of piperidine rings is 1. The lowest BCUT2D eigenvalue weighted by molar-refractivity contribution is -0.153. The predicted molar refractivity (Wildman–Crippen MR) is 189 cm³/mol. The Kier molecular flexibility index (Phi) is 13.3. The lowest BCUT2D eigenvalue weighted by Gasteiger charge is -2.40. The fourth-order valence-electron chi connectivity index (χ4n) is 7.49. The van der Waals surface area contributed by atoms with Crippen LogP contribution in [0.25, 0.3) is 0 Å². The minimum absolute atomic E-state index is 0.00469. The van der Waals surface area contributed by atoms with Crippen molar-refractivity contribution in [1.82, 2.24) is 31.1 Å². The second-order valence-electron chi connectivity index (χ2n) is 17.5. The number of ketones is 1. The fraction of sp³-hybridized carbons (Fsp3) is 0.811. The summed E-state index contributed by atoms with van der Waals surface area (Å²) in [4.78, 5) is 96.4. The van der Waals surface area contributed by atoms with Crippen LogP contribution in [0.4, 0.5) is 4.79 Å². The molecule has 3 aliphatic rings. The molecule has 3 fully saturated rings. The first-order valence-electron chi connectivity index (χ1n) is 18.4. The van der Waals surface area contributed by atoms with E-state index in [2.05, 4.69) is 21.3 Å². The van der Waals surface area contributed by atoms with Gasteiger partial charge in [-0.1, -0.05) is 81.6 Å². The second-order valence-corrected chi connectivity index (χ2v) is 17.5. The second kappa shape index (κ2) is 16.2. The molecule has 0 aromatic heterocycles. The van der Waals surface area contributed by atoms with Gasteiger partial charge < -0.3 is 26.2 Å². The molecule has 0 bridgehead atoms. The molecule has 0 unspecified atom stereocenters. The van der Waals surface area contributed by atoms with Crippen LogP contribution in [-0.4, -0.2) is 95.0 Å². The van der Waals surface area contributed by atoms with E-state index in [4.69, 9.17) is 0 Å². The number of nitrogens with one attached hydrogen (secondary N) is 4. The van der Waals surface area contributed by atoms with Crippen molar-refractivity contribution >= 4 is 41.4 Å². The molecule has 0 aromatic rings. The number of likely N-dealkylation sites (tertiary alicyclic amines) is 2. The first-order valence-corrected chi connectivity index (χ1v) is 18.4. The largest absolute Gasteiger partial charge is 0.350 e. The number of hydrogen-bond acceptors (Lipinski definition) is 7. The summed E-state index contributed by atoms with van der Waals surface area (Å²) in [6.07, 6.45) is 4.71. The molecule has 3 rings (SSSR count). The van der Waals surface area contributed by atoms with Crippen LogP contribution in [0.3, 0.4) is 0 Å². The molecule has 2 saturated heterocycles. The first-order chi connectivity index (χ1) is 23.1. The van der Waals surface area contributed by atoms with Crippen molar-refractivity contribution in [1.29, 1.82) is 0 Å². The average molecular weight is 703 g/mol. The van der Waals surface area contributed by atoms with E-state index in [1.165, 1.54) is 4.90 Å². The minimum atomic E-state index is -1.02. The zero-order valence-corrected chi connectivity index (χ0v) is 32.0. The summed E-state index contributed by atoms with van der Waals surface area (Å²) >= 11 is 0. The lowest BCUT2D eigenvalue weighted by Crippen LogP contribution is -2.62. The Bertz CT molecular complexity index is 1300. The van der Waals surface area contributed by atoms with Gasteiger partial charge >= 0.3 is 6.03 Å².